The molecule has 20 heavy (non-hydrogen) atoms. The molecule has 7 heteroatoms. The van der Waals surface area contributed by atoms with Crippen molar-refractivity contribution in [1.29, 1.82) is 0 Å². The predicted octanol–water partition coefficient (Wildman–Crippen LogP) is 1.63. The van der Waals surface area contributed by atoms with Crippen LogP contribution in [0.15, 0.2) is 15.5 Å². The van der Waals surface area contributed by atoms with Crippen molar-refractivity contribution >= 4 is 21.6 Å². The lowest BCUT2D eigenvalue weighted by molar-refractivity contribution is 0.0996. The largest absolute Gasteiger partial charge is 0.383 e. The zero-order valence-corrected chi connectivity index (χ0v) is 13.4. The lowest BCUT2D eigenvalue weighted by atomic mass is 10.1. The van der Waals surface area contributed by atoms with Gasteiger partial charge in [-0.25, -0.2) is 4.68 Å². The second-order valence-electron chi connectivity index (χ2n) is 4.88. The van der Waals surface area contributed by atoms with Gasteiger partial charge in [0.2, 0.25) is 0 Å². The molecule has 1 aliphatic rings. The number of nitrogens with one attached hydrogen (secondary N) is 1. The summed E-state index contributed by atoms with van der Waals surface area (Å²) < 4.78 is 12.5. The van der Waals surface area contributed by atoms with E-state index in [2.05, 4.69) is 33.3 Å². The summed E-state index contributed by atoms with van der Waals surface area (Å²) >= 11 is 3.34. The molecule has 1 N–H and O–H groups in total. The van der Waals surface area contributed by atoms with E-state index in [4.69, 9.17) is 9.47 Å². The maximum Gasteiger partial charge on any atom is 0.283 e. The fourth-order valence-electron chi connectivity index (χ4n) is 2.24. The summed E-state index contributed by atoms with van der Waals surface area (Å²) in [5.74, 6) is 0. The van der Waals surface area contributed by atoms with Gasteiger partial charge in [0.25, 0.3) is 5.56 Å². The Balaban J connectivity index is 2.08. The molecule has 0 aromatic carbocycles. The van der Waals surface area contributed by atoms with Crippen molar-refractivity contribution in [3.8, 4) is 0 Å². The van der Waals surface area contributed by atoms with Gasteiger partial charge >= 0.3 is 0 Å². The number of methoxy groups -OCH3 is 1. The lowest BCUT2D eigenvalue weighted by Gasteiger charge is -2.21. The van der Waals surface area contributed by atoms with Gasteiger partial charge in [-0.15, -0.1) is 0 Å². The second-order valence-corrected chi connectivity index (χ2v) is 5.67. The van der Waals surface area contributed by atoms with Crippen LogP contribution in [0.25, 0.3) is 0 Å². The third-order valence-electron chi connectivity index (χ3n) is 3.40. The summed E-state index contributed by atoms with van der Waals surface area (Å²) in [4.78, 5) is 12.1. The van der Waals surface area contributed by atoms with Crippen molar-refractivity contribution in [2.75, 3.05) is 25.6 Å². The predicted molar refractivity (Wildman–Crippen MR) is 80.1 cm³/mol. The van der Waals surface area contributed by atoms with Gasteiger partial charge in [-0.2, -0.15) is 5.10 Å². The molecule has 1 saturated heterocycles. The molecule has 2 rings (SSSR count). The third kappa shape index (κ3) is 3.59. The van der Waals surface area contributed by atoms with E-state index in [1.807, 2.05) is 0 Å². The number of nitrogens with zero attached hydrogens (tertiary/aromatic N) is 2. The summed E-state index contributed by atoms with van der Waals surface area (Å²) in [7, 11) is 1.60. The highest BCUT2D eigenvalue weighted by Gasteiger charge is 2.23. The molecule has 0 aliphatic carbocycles. The van der Waals surface area contributed by atoms with Crippen LogP contribution in [-0.4, -0.2) is 42.2 Å². The van der Waals surface area contributed by atoms with Crippen molar-refractivity contribution < 1.29 is 9.47 Å². The molecule has 0 bridgehead atoms. The van der Waals surface area contributed by atoms with Crippen LogP contribution in [0, 0.1) is 0 Å². The summed E-state index contributed by atoms with van der Waals surface area (Å²) in [6, 6.07) is 0.143. The van der Waals surface area contributed by atoms with E-state index in [9.17, 15) is 4.79 Å². The first-order valence-corrected chi connectivity index (χ1v) is 7.55. The van der Waals surface area contributed by atoms with Crippen LogP contribution >= 0.6 is 15.9 Å². The van der Waals surface area contributed by atoms with Crippen molar-refractivity contribution in [2.24, 2.45) is 0 Å². The van der Waals surface area contributed by atoms with Gasteiger partial charge in [0.1, 0.15) is 4.47 Å². The zero-order valence-electron chi connectivity index (χ0n) is 11.8. The van der Waals surface area contributed by atoms with Crippen molar-refractivity contribution in [3.63, 3.8) is 0 Å². The fraction of sp³-hybridized carbons (Fsp3) is 0.692. The molecule has 0 amide bonds. The number of anilines is 1. The minimum absolute atomic E-state index is 0.143. The minimum atomic E-state index is -0.161. The van der Waals surface area contributed by atoms with E-state index in [1.54, 1.807) is 13.3 Å². The average molecular weight is 346 g/mol. The van der Waals surface area contributed by atoms with Crippen LogP contribution < -0.4 is 10.9 Å². The maximum absolute atomic E-state index is 12.1. The normalized spacial score (nSPS) is 20.1. The monoisotopic (exact) mass is 345 g/mol. The first-order chi connectivity index (χ1) is 9.63. The zero-order chi connectivity index (χ0) is 14.5. The van der Waals surface area contributed by atoms with Crippen LogP contribution in [0.3, 0.4) is 0 Å². The number of rotatable bonds is 6. The van der Waals surface area contributed by atoms with Gasteiger partial charge < -0.3 is 14.8 Å². The van der Waals surface area contributed by atoms with E-state index in [-0.39, 0.29) is 17.7 Å². The molecular weight excluding hydrogens is 326 g/mol. The summed E-state index contributed by atoms with van der Waals surface area (Å²) in [5, 5.41) is 7.44. The number of aromatic nitrogens is 2. The molecule has 2 unspecified atom stereocenters. The molecule has 0 spiro atoms. The molecule has 6 nitrogen and oxygen atoms in total. The molecule has 1 aliphatic heterocycles. The lowest BCUT2D eigenvalue weighted by Crippen LogP contribution is -2.32. The van der Waals surface area contributed by atoms with Crippen LogP contribution in [0.1, 0.15) is 19.8 Å². The molecule has 2 heterocycles. The van der Waals surface area contributed by atoms with Crippen LogP contribution in [0.4, 0.5) is 5.69 Å². The van der Waals surface area contributed by atoms with E-state index >= 15 is 0 Å². The Labute approximate surface area is 126 Å². The number of hydrogen-bond donors (Lipinski definition) is 1. The Morgan fingerprint density at radius 2 is 2.50 bits per heavy atom. The molecule has 1 aromatic rings. The second kappa shape index (κ2) is 7.19. The molecule has 1 aromatic heterocycles. The number of halogens is 1. The van der Waals surface area contributed by atoms with Crippen molar-refractivity contribution in [3.05, 3.63) is 21.0 Å². The van der Waals surface area contributed by atoms with Gasteiger partial charge in [-0.3, -0.25) is 4.79 Å². The molecule has 0 radical (unpaired) electrons. The van der Waals surface area contributed by atoms with Crippen LogP contribution in [-0.2, 0) is 16.0 Å². The van der Waals surface area contributed by atoms with Gasteiger partial charge in [0, 0.05) is 19.8 Å². The third-order valence-corrected chi connectivity index (χ3v) is 4.16. The highest BCUT2D eigenvalue weighted by molar-refractivity contribution is 9.10. The standard InChI is InChI=1S/C13H20BrN3O3/c1-9(11-4-3-6-20-11)16-10-8-15-17(5-7-19-2)13(18)12(10)14/h8-9,11,16H,3-7H2,1-2H3. The quantitative estimate of drug-likeness (QED) is 0.848. The van der Waals surface area contributed by atoms with Gasteiger partial charge in [-0.1, -0.05) is 0 Å². The SMILES string of the molecule is COCCn1ncc(NC(C)C2CCCO2)c(Br)c1=O. The van der Waals surface area contributed by atoms with Gasteiger partial charge in [0.15, 0.2) is 0 Å². The Hall–Kier alpha value is -0.920. The first kappa shape index (κ1) is 15.5. The highest BCUT2D eigenvalue weighted by Crippen LogP contribution is 2.22. The van der Waals surface area contributed by atoms with E-state index in [1.165, 1.54) is 4.68 Å². The smallest absolute Gasteiger partial charge is 0.283 e. The average Bonchev–Trinajstić information content (AvgIpc) is 2.97. The molecule has 112 valence electrons. The van der Waals surface area contributed by atoms with Gasteiger partial charge in [0.05, 0.1) is 31.1 Å². The van der Waals surface area contributed by atoms with Crippen LogP contribution in [0.2, 0.25) is 0 Å². The number of ether oxygens (including phenoxy) is 2. The molecule has 2 atom stereocenters. The topological polar surface area (TPSA) is 65.4 Å². The molecule has 0 saturated carbocycles. The summed E-state index contributed by atoms with van der Waals surface area (Å²) in [6.45, 7) is 3.77. The Kier molecular flexibility index (Phi) is 5.56. The highest BCUT2D eigenvalue weighted by atomic mass is 79.9. The summed E-state index contributed by atoms with van der Waals surface area (Å²) in [6.07, 6.45) is 3.99. The Morgan fingerprint density at radius 1 is 1.70 bits per heavy atom. The Bertz CT molecular complexity index is 500. The fourth-order valence-corrected chi connectivity index (χ4v) is 2.66. The van der Waals surface area contributed by atoms with E-state index < -0.39 is 0 Å². The van der Waals surface area contributed by atoms with E-state index in [0.29, 0.717) is 23.3 Å². The summed E-state index contributed by atoms with van der Waals surface area (Å²) in [5.41, 5.74) is 0.540. The number of hydrogen-bond acceptors (Lipinski definition) is 5. The van der Waals surface area contributed by atoms with Gasteiger partial charge in [-0.05, 0) is 35.7 Å². The molecule has 1 fully saturated rings. The van der Waals surface area contributed by atoms with Crippen molar-refractivity contribution in [2.45, 2.75) is 38.5 Å². The molecular formula is C13H20BrN3O3. The Morgan fingerprint density at radius 3 is 3.15 bits per heavy atom. The van der Waals surface area contributed by atoms with E-state index in [0.717, 1.165) is 19.4 Å². The van der Waals surface area contributed by atoms with Crippen LogP contribution in [0.5, 0.6) is 0 Å². The first-order valence-electron chi connectivity index (χ1n) is 6.76. The minimum Gasteiger partial charge on any atom is -0.383 e. The maximum atomic E-state index is 12.1. The van der Waals surface area contributed by atoms with Crippen molar-refractivity contribution in [1.82, 2.24) is 9.78 Å².